The summed E-state index contributed by atoms with van der Waals surface area (Å²) in [4.78, 5) is 8.55. The van der Waals surface area contributed by atoms with Crippen molar-refractivity contribution in [2.75, 3.05) is 16.8 Å². The van der Waals surface area contributed by atoms with Crippen molar-refractivity contribution in [1.29, 1.82) is 0 Å². The van der Waals surface area contributed by atoms with Crippen molar-refractivity contribution in [2.45, 2.75) is 38.6 Å². The highest BCUT2D eigenvalue weighted by molar-refractivity contribution is 7.99. The molecule has 0 radical (unpaired) electrons. The summed E-state index contributed by atoms with van der Waals surface area (Å²) in [6.07, 6.45) is 6.42. The first kappa shape index (κ1) is 11.7. The van der Waals surface area contributed by atoms with E-state index in [1.807, 2.05) is 11.8 Å². The van der Waals surface area contributed by atoms with Crippen LogP contribution >= 0.6 is 11.8 Å². The maximum atomic E-state index is 4.28. The molecule has 2 heterocycles. The van der Waals surface area contributed by atoms with Crippen molar-refractivity contribution in [2.24, 2.45) is 0 Å². The summed E-state index contributed by atoms with van der Waals surface area (Å²) < 4.78 is 0. The van der Waals surface area contributed by atoms with Gasteiger partial charge in [-0.25, -0.2) is 9.97 Å². The minimum absolute atomic E-state index is 0.586. The Labute approximate surface area is 101 Å². The number of anilines is 1. The van der Waals surface area contributed by atoms with E-state index in [0.29, 0.717) is 6.04 Å². The lowest BCUT2D eigenvalue weighted by molar-refractivity contribution is 0.681. The van der Waals surface area contributed by atoms with E-state index < -0.39 is 0 Å². The normalized spacial score (nSPS) is 20.7. The Morgan fingerprint density at radius 3 is 3.19 bits per heavy atom. The smallest absolute Gasteiger partial charge is 0.129 e. The van der Waals surface area contributed by atoms with Crippen LogP contribution in [0, 0.1) is 0 Å². The Bertz CT molecular complexity index is 324. The molecule has 1 fully saturated rings. The Morgan fingerprint density at radius 2 is 2.44 bits per heavy atom. The zero-order chi connectivity index (χ0) is 11.2. The molecule has 0 aromatic carbocycles. The summed E-state index contributed by atoms with van der Waals surface area (Å²) in [5, 5.41) is 3.51. The molecule has 0 amide bonds. The lowest BCUT2D eigenvalue weighted by atomic mass is 10.2. The molecule has 1 aromatic rings. The van der Waals surface area contributed by atoms with Gasteiger partial charge in [0.2, 0.25) is 0 Å². The molecule has 16 heavy (non-hydrogen) atoms. The summed E-state index contributed by atoms with van der Waals surface area (Å²) in [5.41, 5.74) is 1.14. The van der Waals surface area contributed by atoms with Crippen LogP contribution < -0.4 is 5.32 Å². The highest BCUT2D eigenvalue weighted by Crippen LogP contribution is 2.20. The highest BCUT2D eigenvalue weighted by atomic mass is 32.2. The van der Waals surface area contributed by atoms with Gasteiger partial charge in [-0.2, -0.15) is 11.8 Å². The van der Waals surface area contributed by atoms with Gasteiger partial charge in [-0.15, -0.1) is 0 Å². The molecule has 1 aliphatic rings. The second kappa shape index (κ2) is 6.09. The van der Waals surface area contributed by atoms with Crippen molar-refractivity contribution < 1.29 is 0 Å². The van der Waals surface area contributed by atoms with Crippen LogP contribution in [0.25, 0.3) is 0 Å². The van der Waals surface area contributed by atoms with Gasteiger partial charge in [0.1, 0.15) is 12.1 Å². The molecule has 88 valence electrons. The van der Waals surface area contributed by atoms with E-state index in [-0.39, 0.29) is 0 Å². The zero-order valence-corrected chi connectivity index (χ0v) is 10.6. The third-order valence-corrected chi connectivity index (χ3v) is 3.96. The Kier molecular flexibility index (Phi) is 4.45. The molecule has 0 saturated carbocycles. The lowest BCUT2D eigenvalue weighted by Gasteiger charge is -2.22. The maximum Gasteiger partial charge on any atom is 0.129 e. The molecule has 0 bridgehead atoms. The number of aryl methyl sites for hydroxylation is 1. The molecule has 1 saturated heterocycles. The van der Waals surface area contributed by atoms with Crippen molar-refractivity contribution >= 4 is 17.6 Å². The molecule has 1 N–H and O–H groups in total. The minimum Gasteiger partial charge on any atom is -0.366 e. The van der Waals surface area contributed by atoms with Gasteiger partial charge in [0, 0.05) is 23.6 Å². The van der Waals surface area contributed by atoms with Crippen molar-refractivity contribution in [3.63, 3.8) is 0 Å². The third-order valence-electron chi connectivity index (χ3n) is 2.74. The number of nitrogens with one attached hydrogen (secondary N) is 1. The van der Waals surface area contributed by atoms with E-state index in [1.165, 1.54) is 24.3 Å². The number of aromatic nitrogens is 2. The number of rotatable bonds is 4. The van der Waals surface area contributed by atoms with E-state index in [2.05, 4.69) is 28.3 Å². The van der Waals surface area contributed by atoms with Crippen molar-refractivity contribution in [3.8, 4) is 0 Å². The Hall–Kier alpha value is -0.770. The summed E-state index contributed by atoms with van der Waals surface area (Å²) in [7, 11) is 0. The number of hydrogen-bond acceptors (Lipinski definition) is 4. The van der Waals surface area contributed by atoms with Crippen LogP contribution in [0.3, 0.4) is 0 Å². The molecule has 3 nitrogen and oxygen atoms in total. The summed E-state index contributed by atoms with van der Waals surface area (Å²) in [5.74, 6) is 3.50. The maximum absolute atomic E-state index is 4.28. The second-order valence-electron chi connectivity index (χ2n) is 4.20. The second-order valence-corrected chi connectivity index (χ2v) is 5.35. The van der Waals surface area contributed by atoms with Crippen LogP contribution in [-0.4, -0.2) is 27.5 Å². The molecule has 0 aliphatic carbocycles. The van der Waals surface area contributed by atoms with Crippen molar-refractivity contribution in [1.82, 2.24) is 9.97 Å². The predicted octanol–water partition coefficient (Wildman–Crippen LogP) is 2.74. The van der Waals surface area contributed by atoms with Gasteiger partial charge in [-0.05, 0) is 25.0 Å². The molecule has 1 atom stereocenters. The number of thioether (sulfide) groups is 1. The summed E-state index contributed by atoms with van der Waals surface area (Å²) >= 11 is 2.03. The first-order valence-corrected chi connectivity index (χ1v) is 7.19. The summed E-state index contributed by atoms with van der Waals surface area (Å²) in [6, 6.07) is 2.67. The molecule has 0 spiro atoms. The van der Waals surface area contributed by atoms with Crippen LogP contribution in [0.4, 0.5) is 5.82 Å². The standard InChI is InChI=1S/C12H19N3S/c1-2-4-10-7-12(14-9-13-10)15-11-5-3-6-16-8-11/h7,9,11H,2-6,8H2,1H3,(H,13,14,15). The highest BCUT2D eigenvalue weighted by Gasteiger charge is 2.13. The first-order chi connectivity index (χ1) is 7.88. The molecular weight excluding hydrogens is 218 g/mol. The fraction of sp³-hybridized carbons (Fsp3) is 0.667. The quantitative estimate of drug-likeness (QED) is 0.874. The molecule has 1 aromatic heterocycles. The molecular formula is C12H19N3S. The Morgan fingerprint density at radius 1 is 1.50 bits per heavy atom. The van der Waals surface area contributed by atoms with Gasteiger partial charge in [-0.1, -0.05) is 13.3 Å². The molecule has 4 heteroatoms. The van der Waals surface area contributed by atoms with Gasteiger partial charge in [-0.3, -0.25) is 0 Å². The fourth-order valence-corrected chi connectivity index (χ4v) is 3.01. The lowest BCUT2D eigenvalue weighted by Crippen LogP contribution is -2.26. The number of nitrogens with zero attached hydrogens (tertiary/aromatic N) is 2. The van der Waals surface area contributed by atoms with Gasteiger partial charge < -0.3 is 5.32 Å². The zero-order valence-electron chi connectivity index (χ0n) is 9.78. The molecule has 1 aliphatic heterocycles. The van der Waals surface area contributed by atoms with Gasteiger partial charge in [0.15, 0.2) is 0 Å². The van der Waals surface area contributed by atoms with Gasteiger partial charge >= 0.3 is 0 Å². The van der Waals surface area contributed by atoms with Crippen molar-refractivity contribution in [3.05, 3.63) is 18.1 Å². The van der Waals surface area contributed by atoms with Gasteiger partial charge in [0.05, 0.1) is 0 Å². The topological polar surface area (TPSA) is 37.8 Å². The Balaban J connectivity index is 1.94. The van der Waals surface area contributed by atoms with E-state index >= 15 is 0 Å². The fourth-order valence-electron chi connectivity index (χ4n) is 1.93. The number of hydrogen-bond donors (Lipinski definition) is 1. The monoisotopic (exact) mass is 237 g/mol. The van der Waals surface area contributed by atoms with E-state index in [1.54, 1.807) is 6.33 Å². The average Bonchev–Trinajstić information content (AvgIpc) is 2.31. The van der Waals surface area contributed by atoms with Crippen LogP contribution in [0.5, 0.6) is 0 Å². The van der Waals surface area contributed by atoms with Gasteiger partial charge in [0.25, 0.3) is 0 Å². The molecule has 2 rings (SSSR count). The van der Waals surface area contributed by atoms with Crippen LogP contribution in [0.15, 0.2) is 12.4 Å². The van der Waals surface area contributed by atoms with Crippen LogP contribution in [0.2, 0.25) is 0 Å². The summed E-state index contributed by atoms with van der Waals surface area (Å²) in [6.45, 7) is 2.17. The molecule has 1 unspecified atom stereocenters. The largest absolute Gasteiger partial charge is 0.366 e. The van der Waals surface area contributed by atoms with Crippen LogP contribution in [0.1, 0.15) is 31.9 Å². The van der Waals surface area contributed by atoms with E-state index in [0.717, 1.165) is 24.4 Å². The minimum atomic E-state index is 0.586. The average molecular weight is 237 g/mol. The van der Waals surface area contributed by atoms with E-state index in [9.17, 15) is 0 Å². The third kappa shape index (κ3) is 3.37. The predicted molar refractivity (Wildman–Crippen MR) is 70.0 cm³/mol. The van der Waals surface area contributed by atoms with E-state index in [4.69, 9.17) is 0 Å². The van der Waals surface area contributed by atoms with Crippen LogP contribution in [-0.2, 0) is 6.42 Å². The first-order valence-electron chi connectivity index (χ1n) is 6.03. The SMILES string of the molecule is CCCc1cc(NC2CCCSC2)ncn1.